The molecule has 0 spiro atoms. The van der Waals surface area contributed by atoms with E-state index in [1.54, 1.807) is 0 Å². The van der Waals surface area contributed by atoms with Crippen LogP contribution in [0.25, 0.3) is 0 Å². The van der Waals surface area contributed by atoms with Crippen LogP contribution in [-0.2, 0) is 5.41 Å². The van der Waals surface area contributed by atoms with E-state index in [2.05, 4.69) is 66.4 Å². The molecule has 2 fully saturated rings. The second-order valence-corrected chi connectivity index (χ2v) is 8.41. The van der Waals surface area contributed by atoms with E-state index in [0.29, 0.717) is 5.92 Å². The van der Waals surface area contributed by atoms with Crippen LogP contribution in [0.1, 0.15) is 56.6 Å². The van der Waals surface area contributed by atoms with E-state index in [0.717, 1.165) is 29.6 Å². The lowest BCUT2D eigenvalue weighted by Gasteiger charge is -2.41. The van der Waals surface area contributed by atoms with Crippen LogP contribution in [0, 0.1) is 17.2 Å². The Morgan fingerprint density at radius 1 is 0.926 bits per heavy atom. The molecule has 2 heteroatoms. The number of rotatable bonds is 6. The lowest BCUT2D eigenvalue weighted by Crippen LogP contribution is -2.44. The van der Waals surface area contributed by atoms with Crippen LogP contribution in [-0.4, -0.2) is 23.5 Å². The van der Waals surface area contributed by atoms with E-state index in [4.69, 9.17) is 0 Å². The van der Waals surface area contributed by atoms with Crippen molar-refractivity contribution >= 4 is 0 Å². The van der Waals surface area contributed by atoms with Crippen LogP contribution in [0.5, 0.6) is 0 Å². The number of fused-ring (bicyclic) bond motifs is 2. The van der Waals surface area contributed by atoms with Crippen LogP contribution < -0.4 is 0 Å². The zero-order valence-corrected chi connectivity index (χ0v) is 16.3. The molecule has 2 aliphatic rings. The molecule has 2 saturated heterocycles. The van der Waals surface area contributed by atoms with Crippen LogP contribution in [0.4, 0.5) is 0 Å². The monoisotopic (exact) mass is 358 g/mol. The molecule has 0 amide bonds. The van der Waals surface area contributed by atoms with Crippen LogP contribution in [0.15, 0.2) is 60.7 Å². The van der Waals surface area contributed by atoms with Gasteiger partial charge in [0.1, 0.15) is 5.41 Å². The van der Waals surface area contributed by atoms with Crippen molar-refractivity contribution in [2.24, 2.45) is 5.92 Å². The molecule has 0 unspecified atom stereocenters. The molecule has 0 aliphatic carbocycles. The third-order valence-electron chi connectivity index (χ3n) is 6.78. The third-order valence-corrected chi connectivity index (χ3v) is 6.78. The van der Waals surface area contributed by atoms with Gasteiger partial charge in [-0.05, 0) is 62.1 Å². The summed E-state index contributed by atoms with van der Waals surface area (Å²) >= 11 is 0. The van der Waals surface area contributed by atoms with Crippen molar-refractivity contribution in [2.75, 3.05) is 6.54 Å². The van der Waals surface area contributed by atoms with Gasteiger partial charge >= 0.3 is 0 Å². The smallest absolute Gasteiger partial charge is 0.107 e. The second-order valence-electron chi connectivity index (χ2n) is 8.41. The zero-order valence-electron chi connectivity index (χ0n) is 16.3. The standard InChI is InChI=1S/C25H30N2/c1-2-15-27-23-13-14-24(27)17-20(16-23)18-25(19-26,21-9-5-3-6-10-21)22-11-7-4-8-12-22/h3-12,20,23-24H,2,13-18H2,1H3/t20-,23+,24-. The van der Waals surface area contributed by atoms with Gasteiger partial charge in [-0.1, -0.05) is 67.6 Å². The Morgan fingerprint density at radius 2 is 1.44 bits per heavy atom. The van der Waals surface area contributed by atoms with Gasteiger partial charge in [-0.2, -0.15) is 5.26 Å². The number of hydrogen-bond donors (Lipinski definition) is 0. The first kappa shape index (κ1) is 18.3. The Balaban J connectivity index is 1.65. The molecule has 0 N–H and O–H groups in total. The van der Waals surface area contributed by atoms with Gasteiger partial charge < -0.3 is 0 Å². The number of hydrogen-bond acceptors (Lipinski definition) is 2. The molecule has 3 atom stereocenters. The normalized spacial score (nSPS) is 25.3. The Morgan fingerprint density at radius 3 is 1.89 bits per heavy atom. The fourth-order valence-corrected chi connectivity index (χ4v) is 5.63. The molecule has 2 aliphatic heterocycles. The van der Waals surface area contributed by atoms with Crippen molar-refractivity contribution in [3.05, 3.63) is 71.8 Å². The quantitative estimate of drug-likeness (QED) is 0.678. The lowest BCUT2D eigenvalue weighted by atomic mass is 9.68. The van der Waals surface area contributed by atoms with Gasteiger partial charge in [0.05, 0.1) is 6.07 Å². The highest BCUT2D eigenvalue weighted by Gasteiger charge is 2.44. The Kier molecular flexibility index (Phi) is 5.32. The minimum Gasteiger partial charge on any atom is -0.297 e. The van der Waals surface area contributed by atoms with E-state index in [1.807, 2.05) is 12.1 Å². The Bertz CT molecular complexity index is 723. The van der Waals surface area contributed by atoms with E-state index in [9.17, 15) is 5.26 Å². The highest BCUT2D eigenvalue weighted by molar-refractivity contribution is 5.46. The van der Waals surface area contributed by atoms with Crippen LogP contribution >= 0.6 is 0 Å². The maximum Gasteiger partial charge on any atom is 0.107 e. The topological polar surface area (TPSA) is 27.0 Å². The zero-order chi connectivity index (χ0) is 18.7. The van der Waals surface area contributed by atoms with Gasteiger partial charge in [-0.3, -0.25) is 4.90 Å². The van der Waals surface area contributed by atoms with E-state index in [1.165, 1.54) is 38.6 Å². The molecular formula is C25H30N2. The predicted octanol–water partition coefficient (Wildman–Crippen LogP) is 5.54. The second kappa shape index (κ2) is 7.87. The number of piperidine rings is 1. The molecule has 2 nitrogen and oxygen atoms in total. The number of nitriles is 1. The van der Waals surface area contributed by atoms with Gasteiger partial charge in [0.2, 0.25) is 0 Å². The van der Waals surface area contributed by atoms with Crippen molar-refractivity contribution in [2.45, 2.75) is 62.9 Å². The summed E-state index contributed by atoms with van der Waals surface area (Å²) in [5.41, 5.74) is 1.74. The summed E-state index contributed by atoms with van der Waals surface area (Å²) in [6, 6.07) is 25.1. The molecule has 0 radical (unpaired) electrons. The molecule has 0 saturated carbocycles. The minimum absolute atomic E-state index is 0.542. The number of benzene rings is 2. The summed E-state index contributed by atoms with van der Waals surface area (Å²) in [6.07, 6.45) is 7.37. The number of nitrogens with zero attached hydrogens (tertiary/aromatic N) is 2. The SMILES string of the molecule is CCCN1[C@@H]2CC[C@H]1C[C@@H](CC(C#N)(c1ccccc1)c1ccccc1)C2. The summed E-state index contributed by atoms with van der Waals surface area (Å²) in [5.74, 6) is 0.621. The van der Waals surface area contributed by atoms with Crippen molar-refractivity contribution in [1.29, 1.82) is 5.26 Å². The molecule has 140 valence electrons. The van der Waals surface area contributed by atoms with Crippen LogP contribution in [0.2, 0.25) is 0 Å². The molecule has 2 bridgehead atoms. The van der Waals surface area contributed by atoms with Gasteiger partial charge in [0.15, 0.2) is 0 Å². The van der Waals surface area contributed by atoms with E-state index in [-0.39, 0.29) is 0 Å². The fourth-order valence-electron chi connectivity index (χ4n) is 5.63. The van der Waals surface area contributed by atoms with Crippen LogP contribution in [0.3, 0.4) is 0 Å². The summed E-state index contributed by atoms with van der Waals surface area (Å²) in [5, 5.41) is 10.4. The maximum atomic E-state index is 10.4. The summed E-state index contributed by atoms with van der Waals surface area (Å²) in [4.78, 5) is 2.76. The minimum atomic E-state index is -0.542. The first-order valence-electron chi connectivity index (χ1n) is 10.5. The highest BCUT2D eigenvalue weighted by Crippen LogP contribution is 2.46. The van der Waals surface area contributed by atoms with E-state index < -0.39 is 5.41 Å². The largest absolute Gasteiger partial charge is 0.297 e. The fraction of sp³-hybridized carbons (Fsp3) is 0.480. The molecule has 4 rings (SSSR count). The average Bonchev–Trinajstić information content (AvgIpc) is 2.96. The maximum absolute atomic E-state index is 10.4. The Hall–Kier alpha value is -2.11. The first-order chi connectivity index (χ1) is 13.3. The van der Waals surface area contributed by atoms with Crippen molar-refractivity contribution < 1.29 is 0 Å². The first-order valence-corrected chi connectivity index (χ1v) is 10.5. The molecule has 2 heterocycles. The van der Waals surface area contributed by atoms with Gasteiger partial charge in [-0.25, -0.2) is 0 Å². The molecule has 2 aromatic carbocycles. The van der Waals surface area contributed by atoms with Gasteiger partial charge in [-0.15, -0.1) is 0 Å². The summed E-state index contributed by atoms with van der Waals surface area (Å²) < 4.78 is 0. The molecule has 2 aromatic rings. The molecule has 0 aromatic heterocycles. The third kappa shape index (κ3) is 3.42. The lowest BCUT2D eigenvalue weighted by molar-refractivity contribution is 0.0956. The predicted molar refractivity (Wildman–Crippen MR) is 110 cm³/mol. The van der Waals surface area contributed by atoms with Crippen molar-refractivity contribution in [1.82, 2.24) is 4.90 Å². The van der Waals surface area contributed by atoms with Crippen molar-refractivity contribution in [3.8, 4) is 6.07 Å². The van der Waals surface area contributed by atoms with Gasteiger partial charge in [0, 0.05) is 12.1 Å². The Labute approximate surface area is 163 Å². The summed E-state index contributed by atoms with van der Waals surface area (Å²) in [7, 11) is 0. The molecular weight excluding hydrogens is 328 g/mol. The van der Waals surface area contributed by atoms with E-state index >= 15 is 0 Å². The average molecular weight is 359 g/mol. The highest BCUT2D eigenvalue weighted by atomic mass is 15.2. The molecule has 27 heavy (non-hydrogen) atoms. The van der Waals surface area contributed by atoms with Crippen molar-refractivity contribution in [3.63, 3.8) is 0 Å². The van der Waals surface area contributed by atoms with Gasteiger partial charge in [0.25, 0.3) is 0 Å². The summed E-state index contributed by atoms with van der Waals surface area (Å²) in [6.45, 7) is 3.53.